The van der Waals surface area contributed by atoms with Crippen LogP contribution < -0.4 is 4.74 Å². The lowest BCUT2D eigenvalue weighted by molar-refractivity contribution is 0.104. The summed E-state index contributed by atoms with van der Waals surface area (Å²) in [6.45, 7) is 1.49. The summed E-state index contributed by atoms with van der Waals surface area (Å²) in [5.41, 5.74) is 2.61. The maximum absolute atomic E-state index is 13.3. The van der Waals surface area contributed by atoms with Crippen LogP contribution in [0.15, 0.2) is 72.8 Å². The van der Waals surface area contributed by atoms with Crippen LogP contribution in [0.5, 0.6) is 5.75 Å². The van der Waals surface area contributed by atoms with Crippen LogP contribution in [0.2, 0.25) is 5.02 Å². The van der Waals surface area contributed by atoms with Gasteiger partial charge >= 0.3 is 0 Å². The molecule has 4 rings (SSSR count). The SMILES string of the molecule is CN(C)CCOc1ccc(-c2c(C(=O)c3ccc(Cl)cc3)sc3ccccc23)cc1. The maximum Gasteiger partial charge on any atom is 0.203 e. The summed E-state index contributed by atoms with van der Waals surface area (Å²) in [4.78, 5) is 16.2. The molecule has 5 heteroatoms. The van der Waals surface area contributed by atoms with Gasteiger partial charge in [-0.15, -0.1) is 11.3 Å². The van der Waals surface area contributed by atoms with E-state index in [1.165, 1.54) is 11.3 Å². The van der Waals surface area contributed by atoms with Crippen molar-refractivity contribution >= 4 is 38.8 Å². The fourth-order valence-electron chi connectivity index (χ4n) is 3.29. The van der Waals surface area contributed by atoms with Crippen LogP contribution in [0.1, 0.15) is 15.2 Å². The summed E-state index contributed by atoms with van der Waals surface area (Å²) in [5, 5.41) is 1.70. The average Bonchev–Trinajstić information content (AvgIpc) is 3.14. The van der Waals surface area contributed by atoms with Crippen molar-refractivity contribution < 1.29 is 9.53 Å². The highest BCUT2D eigenvalue weighted by molar-refractivity contribution is 7.21. The average molecular weight is 436 g/mol. The molecular weight excluding hydrogens is 414 g/mol. The molecule has 0 saturated carbocycles. The standard InChI is InChI=1S/C25H22ClNO2S/c1-27(2)15-16-29-20-13-9-17(10-14-20)23-21-5-3-4-6-22(21)30-25(23)24(28)18-7-11-19(26)12-8-18/h3-14H,15-16H2,1-2H3. The molecule has 0 aliphatic rings. The number of hydrogen-bond donors (Lipinski definition) is 0. The van der Waals surface area contributed by atoms with Gasteiger partial charge in [-0.05, 0) is 62.1 Å². The number of ether oxygens (including phenoxy) is 1. The predicted octanol–water partition coefficient (Wildman–Crippen LogP) is 6.39. The van der Waals surface area contributed by atoms with E-state index in [9.17, 15) is 4.79 Å². The van der Waals surface area contributed by atoms with Gasteiger partial charge in [-0.1, -0.05) is 41.9 Å². The van der Waals surface area contributed by atoms with Crippen molar-refractivity contribution in [3.8, 4) is 16.9 Å². The van der Waals surface area contributed by atoms with Crippen molar-refractivity contribution in [1.29, 1.82) is 0 Å². The molecule has 0 amide bonds. The molecule has 1 aromatic heterocycles. The van der Waals surface area contributed by atoms with Gasteiger partial charge in [0.05, 0.1) is 4.88 Å². The quantitative estimate of drug-likeness (QED) is 0.315. The monoisotopic (exact) mass is 435 g/mol. The van der Waals surface area contributed by atoms with Crippen LogP contribution in [0.3, 0.4) is 0 Å². The number of carbonyl (C=O) groups excluding carboxylic acids is 1. The first-order valence-corrected chi connectivity index (χ1v) is 10.9. The second kappa shape index (κ2) is 9.00. The molecule has 0 aliphatic carbocycles. The third-order valence-electron chi connectivity index (χ3n) is 4.86. The smallest absolute Gasteiger partial charge is 0.203 e. The van der Waals surface area contributed by atoms with Gasteiger partial charge in [0.1, 0.15) is 12.4 Å². The molecular formula is C25H22ClNO2S. The van der Waals surface area contributed by atoms with Crippen LogP contribution in [-0.2, 0) is 0 Å². The molecule has 30 heavy (non-hydrogen) atoms. The summed E-state index contributed by atoms with van der Waals surface area (Å²) >= 11 is 7.53. The molecule has 0 aliphatic heterocycles. The van der Waals surface area contributed by atoms with Gasteiger partial charge < -0.3 is 9.64 Å². The zero-order valence-corrected chi connectivity index (χ0v) is 18.5. The van der Waals surface area contributed by atoms with Crippen LogP contribution >= 0.6 is 22.9 Å². The molecule has 4 aromatic rings. The van der Waals surface area contributed by atoms with Crippen molar-refractivity contribution in [3.05, 3.63) is 88.3 Å². The molecule has 152 valence electrons. The van der Waals surface area contributed by atoms with E-state index in [1.807, 2.05) is 50.5 Å². The second-order valence-electron chi connectivity index (χ2n) is 7.31. The van der Waals surface area contributed by atoms with E-state index < -0.39 is 0 Å². The lowest BCUT2D eigenvalue weighted by atomic mass is 9.98. The van der Waals surface area contributed by atoms with E-state index in [4.69, 9.17) is 16.3 Å². The largest absolute Gasteiger partial charge is 0.492 e. The van der Waals surface area contributed by atoms with Gasteiger partial charge in [0.2, 0.25) is 5.78 Å². The molecule has 0 spiro atoms. The minimum Gasteiger partial charge on any atom is -0.492 e. The lowest BCUT2D eigenvalue weighted by Gasteiger charge is -2.11. The van der Waals surface area contributed by atoms with Crippen LogP contribution in [0.4, 0.5) is 0 Å². The fraction of sp³-hybridized carbons (Fsp3) is 0.160. The Morgan fingerprint density at radius 3 is 2.37 bits per heavy atom. The number of rotatable bonds is 7. The number of nitrogens with zero attached hydrogens (tertiary/aromatic N) is 1. The number of benzene rings is 3. The number of ketones is 1. The van der Waals surface area contributed by atoms with Crippen LogP contribution in [0, 0.1) is 0 Å². The first kappa shape index (κ1) is 20.6. The van der Waals surface area contributed by atoms with Gasteiger partial charge in [-0.3, -0.25) is 4.79 Å². The Balaban J connectivity index is 1.72. The van der Waals surface area contributed by atoms with Crippen LogP contribution in [0.25, 0.3) is 21.2 Å². The number of carbonyl (C=O) groups is 1. The predicted molar refractivity (Wildman–Crippen MR) is 126 cm³/mol. The summed E-state index contributed by atoms with van der Waals surface area (Å²) in [7, 11) is 4.04. The van der Waals surface area contributed by atoms with Crippen molar-refractivity contribution in [2.24, 2.45) is 0 Å². The Hall–Kier alpha value is -2.66. The van der Waals surface area contributed by atoms with E-state index in [2.05, 4.69) is 17.0 Å². The highest BCUT2D eigenvalue weighted by atomic mass is 35.5. The number of thiophene rings is 1. The Bertz CT molecular complexity index is 1160. The third-order valence-corrected chi connectivity index (χ3v) is 6.28. The number of likely N-dealkylation sites (N-methyl/N-ethyl adjacent to an activating group) is 1. The lowest BCUT2D eigenvalue weighted by Crippen LogP contribution is -2.19. The molecule has 0 unspecified atom stereocenters. The van der Waals surface area contributed by atoms with Crippen molar-refractivity contribution in [2.45, 2.75) is 0 Å². The van der Waals surface area contributed by atoms with Gasteiger partial charge in [0.15, 0.2) is 0 Å². The maximum atomic E-state index is 13.3. The molecule has 0 atom stereocenters. The van der Waals surface area contributed by atoms with Gasteiger partial charge in [-0.25, -0.2) is 0 Å². The molecule has 1 heterocycles. The minimum absolute atomic E-state index is 0.00850. The molecule has 0 bridgehead atoms. The Kier molecular flexibility index (Phi) is 6.18. The number of fused-ring (bicyclic) bond motifs is 1. The van der Waals surface area contributed by atoms with E-state index in [0.717, 1.165) is 38.4 Å². The van der Waals surface area contributed by atoms with Gasteiger partial charge in [-0.2, -0.15) is 0 Å². The summed E-state index contributed by atoms with van der Waals surface area (Å²) in [6.07, 6.45) is 0. The van der Waals surface area contributed by atoms with Crippen LogP contribution in [-0.4, -0.2) is 37.9 Å². The van der Waals surface area contributed by atoms with E-state index in [1.54, 1.807) is 24.3 Å². The zero-order valence-electron chi connectivity index (χ0n) is 16.9. The van der Waals surface area contributed by atoms with Gasteiger partial charge in [0, 0.05) is 32.8 Å². The second-order valence-corrected chi connectivity index (χ2v) is 8.80. The molecule has 3 nitrogen and oxygen atoms in total. The molecule has 0 radical (unpaired) electrons. The molecule has 0 fully saturated rings. The molecule has 0 N–H and O–H groups in total. The highest BCUT2D eigenvalue weighted by Gasteiger charge is 2.21. The van der Waals surface area contributed by atoms with Crippen molar-refractivity contribution in [2.75, 3.05) is 27.2 Å². The van der Waals surface area contributed by atoms with Crippen molar-refractivity contribution in [1.82, 2.24) is 4.90 Å². The first-order chi connectivity index (χ1) is 14.5. The van der Waals surface area contributed by atoms with E-state index in [0.29, 0.717) is 17.2 Å². The summed E-state index contributed by atoms with van der Waals surface area (Å²) < 4.78 is 6.91. The summed E-state index contributed by atoms with van der Waals surface area (Å²) in [5.74, 6) is 0.833. The first-order valence-electron chi connectivity index (χ1n) is 9.72. The van der Waals surface area contributed by atoms with E-state index in [-0.39, 0.29) is 5.78 Å². The highest BCUT2D eigenvalue weighted by Crippen LogP contribution is 2.40. The Morgan fingerprint density at radius 2 is 1.67 bits per heavy atom. The number of halogens is 1. The third kappa shape index (κ3) is 4.41. The minimum atomic E-state index is 0.00850. The number of hydrogen-bond acceptors (Lipinski definition) is 4. The zero-order chi connectivity index (χ0) is 21.1. The fourth-order valence-corrected chi connectivity index (χ4v) is 4.60. The van der Waals surface area contributed by atoms with Crippen molar-refractivity contribution in [3.63, 3.8) is 0 Å². The summed E-state index contributed by atoms with van der Waals surface area (Å²) in [6, 6.07) is 23.2. The van der Waals surface area contributed by atoms with E-state index >= 15 is 0 Å². The topological polar surface area (TPSA) is 29.5 Å². The Labute approximate surface area is 185 Å². The molecule has 3 aromatic carbocycles. The Morgan fingerprint density at radius 1 is 0.967 bits per heavy atom. The normalized spacial score (nSPS) is 11.2. The van der Waals surface area contributed by atoms with Gasteiger partial charge in [0.25, 0.3) is 0 Å². The molecule has 0 saturated heterocycles.